The number of aromatic nitrogens is 2. The van der Waals surface area contributed by atoms with Crippen LogP contribution in [0.4, 0.5) is 4.39 Å². The van der Waals surface area contributed by atoms with Crippen molar-refractivity contribution in [3.8, 4) is 5.75 Å². The van der Waals surface area contributed by atoms with Gasteiger partial charge in [0.15, 0.2) is 0 Å². The smallest absolute Gasteiger partial charge is 0.223 e. The molecule has 0 saturated heterocycles. The Bertz CT molecular complexity index is 639. The molecular weight excluding hydrogens is 285 g/mol. The van der Waals surface area contributed by atoms with Crippen molar-refractivity contribution >= 4 is 5.91 Å². The zero-order chi connectivity index (χ0) is 15.4. The minimum Gasteiger partial charge on any atom is -0.493 e. The van der Waals surface area contributed by atoms with Crippen LogP contribution < -0.4 is 10.1 Å². The summed E-state index contributed by atoms with van der Waals surface area (Å²) in [5.41, 5.74) is 0. The molecule has 116 valence electrons. The van der Waals surface area contributed by atoms with Crippen molar-refractivity contribution < 1.29 is 13.9 Å². The first kappa shape index (κ1) is 14.6. The molecule has 1 aliphatic heterocycles. The molecule has 1 amide bonds. The average molecular weight is 303 g/mol. The third-order valence-corrected chi connectivity index (χ3v) is 3.71. The quantitative estimate of drug-likeness (QED) is 0.918. The van der Waals surface area contributed by atoms with Gasteiger partial charge >= 0.3 is 0 Å². The van der Waals surface area contributed by atoms with Crippen molar-refractivity contribution in [1.29, 1.82) is 0 Å². The molecule has 1 aromatic heterocycles. The molecule has 0 radical (unpaired) electrons. The second-order valence-electron chi connectivity index (χ2n) is 5.35. The predicted molar refractivity (Wildman–Crippen MR) is 79.0 cm³/mol. The fourth-order valence-corrected chi connectivity index (χ4v) is 2.58. The van der Waals surface area contributed by atoms with Crippen LogP contribution in [-0.2, 0) is 17.8 Å². The molecule has 6 heteroatoms. The second kappa shape index (κ2) is 6.60. The molecule has 5 nitrogen and oxygen atoms in total. The summed E-state index contributed by atoms with van der Waals surface area (Å²) in [6.45, 7) is 1.04. The van der Waals surface area contributed by atoms with Gasteiger partial charge in [-0.2, -0.15) is 0 Å². The van der Waals surface area contributed by atoms with Crippen molar-refractivity contribution in [2.24, 2.45) is 0 Å². The zero-order valence-electron chi connectivity index (χ0n) is 12.2. The highest BCUT2D eigenvalue weighted by Crippen LogP contribution is 2.13. The van der Waals surface area contributed by atoms with Gasteiger partial charge in [0.2, 0.25) is 5.91 Å². The van der Waals surface area contributed by atoms with E-state index in [-0.39, 0.29) is 30.8 Å². The highest BCUT2D eigenvalue weighted by molar-refractivity contribution is 5.76. The molecule has 0 unspecified atom stereocenters. The van der Waals surface area contributed by atoms with E-state index < -0.39 is 0 Å². The number of hydrogen-bond donors (Lipinski definition) is 1. The lowest BCUT2D eigenvalue weighted by molar-refractivity contribution is -0.122. The minimum atomic E-state index is -0.304. The maximum atomic E-state index is 12.8. The van der Waals surface area contributed by atoms with Crippen molar-refractivity contribution in [3.05, 3.63) is 48.3 Å². The van der Waals surface area contributed by atoms with Gasteiger partial charge in [0, 0.05) is 31.4 Å². The summed E-state index contributed by atoms with van der Waals surface area (Å²) in [5.74, 6) is 1.30. The number of nitrogens with zero attached hydrogens (tertiary/aromatic N) is 2. The van der Waals surface area contributed by atoms with Gasteiger partial charge in [-0.25, -0.2) is 9.37 Å². The molecule has 1 aromatic carbocycles. The number of fused-ring (bicyclic) bond motifs is 1. The maximum Gasteiger partial charge on any atom is 0.223 e. The Hall–Kier alpha value is -2.37. The number of imidazole rings is 1. The SMILES string of the molecule is O=C(CCOc1ccc(F)cc1)N[C@@H]1CCc2nccn2C1. The topological polar surface area (TPSA) is 56.1 Å². The Balaban J connectivity index is 1.40. The molecule has 0 saturated carbocycles. The monoisotopic (exact) mass is 303 g/mol. The number of hydrogen-bond acceptors (Lipinski definition) is 3. The van der Waals surface area contributed by atoms with Gasteiger partial charge in [-0.05, 0) is 30.7 Å². The number of amides is 1. The Morgan fingerprint density at radius 3 is 3.05 bits per heavy atom. The van der Waals surface area contributed by atoms with E-state index in [4.69, 9.17) is 4.74 Å². The normalized spacial score (nSPS) is 16.9. The summed E-state index contributed by atoms with van der Waals surface area (Å²) in [7, 11) is 0. The number of carbonyl (C=O) groups is 1. The van der Waals surface area contributed by atoms with E-state index in [9.17, 15) is 9.18 Å². The van der Waals surface area contributed by atoms with E-state index in [1.165, 1.54) is 12.1 Å². The van der Waals surface area contributed by atoms with Gasteiger partial charge in [0.25, 0.3) is 0 Å². The van der Waals surface area contributed by atoms with Crippen LogP contribution in [0.3, 0.4) is 0 Å². The summed E-state index contributed by atoms with van der Waals surface area (Å²) >= 11 is 0. The lowest BCUT2D eigenvalue weighted by atomic mass is 10.1. The summed E-state index contributed by atoms with van der Waals surface area (Å²) in [6, 6.07) is 5.91. The van der Waals surface area contributed by atoms with Crippen LogP contribution >= 0.6 is 0 Å². The highest BCUT2D eigenvalue weighted by atomic mass is 19.1. The van der Waals surface area contributed by atoms with Gasteiger partial charge in [-0.3, -0.25) is 4.79 Å². The minimum absolute atomic E-state index is 0.0318. The third-order valence-electron chi connectivity index (χ3n) is 3.71. The first-order valence-corrected chi connectivity index (χ1v) is 7.38. The van der Waals surface area contributed by atoms with Crippen LogP contribution in [0.1, 0.15) is 18.7 Å². The standard InChI is InChI=1S/C16H18FN3O2/c17-12-1-4-14(5-2-12)22-10-7-16(21)19-13-3-6-15-18-8-9-20(15)11-13/h1-2,4-5,8-9,13H,3,6-7,10-11H2,(H,19,21)/t13-/m1/s1. The van der Waals surface area contributed by atoms with Crippen LogP contribution in [0.15, 0.2) is 36.7 Å². The van der Waals surface area contributed by atoms with E-state index in [1.54, 1.807) is 18.3 Å². The molecule has 1 atom stereocenters. The maximum absolute atomic E-state index is 12.8. The second-order valence-corrected chi connectivity index (χ2v) is 5.35. The number of halogens is 1. The fraction of sp³-hybridized carbons (Fsp3) is 0.375. The molecule has 2 aromatic rings. The molecule has 22 heavy (non-hydrogen) atoms. The Labute approximate surface area is 128 Å². The number of nitrogens with one attached hydrogen (secondary N) is 1. The lowest BCUT2D eigenvalue weighted by Crippen LogP contribution is -2.41. The number of ether oxygens (including phenoxy) is 1. The van der Waals surface area contributed by atoms with Crippen LogP contribution in [0, 0.1) is 5.82 Å². The predicted octanol–water partition coefficient (Wildman–Crippen LogP) is 1.92. The van der Waals surface area contributed by atoms with Gasteiger partial charge in [-0.1, -0.05) is 0 Å². The Morgan fingerprint density at radius 2 is 2.23 bits per heavy atom. The molecule has 0 spiro atoms. The highest BCUT2D eigenvalue weighted by Gasteiger charge is 2.20. The van der Waals surface area contributed by atoms with Crippen molar-refractivity contribution in [3.63, 3.8) is 0 Å². The molecular formula is C16H18FN3O2. The van der Waals surface area contributed by atoms with Crippen molar-refractivity contribution in [1.82, 2.24) is 14.9 Å². The fourth-order valence-electron chi connectivity index (χ4n) is 2.58. The molecule has 0 aliphatic carbocycles. The van der Waals surface area contributed by atoms with Crippen molar-refractivity contribution in [2.75, 3.05) is 6.61 Å². The molecule has 1 N–H and O–H groups in total. The molecule has 2 heterocycles. The summed E-state index contributed by atoms with van der Waals surface area (Å²) in [6.07, 6.45) is 5.79. The number of benzene rings is 1. The molecule has 0 fully saturated rings. The van der Waals surface area contributed by atoms with Crippen LogP contribution in [0.5, 0.6) is 5.75 Å². The lowest BCUT2D eigenvalue weighted by Gasteiger charge is -2.24. The third kappa shape index (κ3) is 3.63. The first-order valence-electron chi connectivity index (χ1n) is 7.38. The Morgan fingerprint density at radius 1 is 1.41 bits per heavy atom. The van der Waals surface area contributed by atoms with Gasteiger partial charge in [0.05, 0.1) is 13.0 Å². The van der Waals surface area contributed by atoms with Crippen molar-refractivity contribution in [2.45, 2.75) is 31.8 Å². The number of carbonyl (C=O) groups excluding carboxylic acids is 1. The zero-order valence-corrected chi connectivity index (χ0v) is 12.2. The van der Waals surface area contributed by atoms with E-state index >= 15 is 0 Å². The van der Waals surface area contributed by atoms with Crippen LogP contribution in [-0.4, -0.2) is 28.1 Å². The average Bonchev–Trinajstić information content (AvgIpc) is 2.97. The van der Waals surface area contributed by atoms with Crippen LogP contribution in [0.2, 0.25) is 0 Å². The Kier molecular flexibility index (Phi) is 4.37. The molecule has 3 rings (SSSR count). The summed E-state index contributed by atoms with van der Waals surface area (Å²) in [5, 5.41) is 3.02. The summed E-state index contributed by atoms with van der Waals surface area (Å²) in [4.78, 5) is 16.2. The van der Waals surface area contributed by atoms with E-state index in [1.807, 2.05) is 6.20 Å². The summed E-state index contributed by atoms with van der Waals surface area (Å²) < 4.78 is 20.2. The number of rotatable bonds is 5. The van der Waals surface area contributed by atoms with E-state index in [2.05, 4.69) is 14.9 Å². The van der Waals surface area contributed by atoms with E-state index in [0.29, 0.717) is 5.75 Å². The number of aryl methyl sites for hydroxylation is 1. The molecule has 1 aliphatic rings. The molecule has 0 bridgehead atoms. The van der Waals surface area contributed by atoms with Gasteiger partial charge < -0.3 is 14.6 Å². The van der Waals surface area contributed by atoms with Gasteiger partial charge in [-0.15, -0.1) is 0 Å². The van der Waals surface area contributed by atoms with E-state index in [0.717, 1.165) is 25.2 Å². The largest absolute Gasteiger partial charge is 0.493 e. The van der Waals surface area contributed by atoms with Crippen LogP contribution in [0.25, 0.3) is 0 Å². The first-order chi connectivity index (χ1) is 10.7. The van der Waals surface area contributed by atoms with Gasteiger partial charge in [0.1, 0.15) is 17.4 Å².